The van der Waals surface area contributed by atoms with Gasteiger partial charge in [0.15, 0.2) is 11.9 Å². The number of alkyl halides is 1. The lowest BCUT2D eigenvalue weighted by atomic mass is 10.0. The van der Waals surface area contributed by atoms with Gasteiger partial charge in [-0.2, -0.15) is 4.98 Å². The summed E-state index contributed by atoms with van der Waals surface area (Å²) >= 11 is 6.81. The highest BCUT2D eigenvalue weighted by Crippen LogP contribution is 2.36. The van der Waals surface area contributed by atoms with Crippen molar-refractivity contribution in [2.45, 2.75) is 32.7 Å². The molecule has 0 radical (unpaired) electrons. The van der Waals surface area contributed by atoms with Crippen molar-refractivity contribution in [3.05, 3.63) is 87.6 Å². The SMILES string of the molecule is [2H]C(=O)c1ccccc1-c1nc2c(cc1Cl)c(N1CCN(C(=O)C=C)C[C@@H]1CF)nc(=O)n2-c1c(C)ccnc1C(C)C. The van der Waals surface area contributed by atoms with Crippen LogP contribution in [-0.4, -0.2) is 68.9 Å². The third-order valence-electron chi connectivity index (χ3n) is 7.44. The molecule has 9 nitrogen and oxygen atoms in total. The number of hydrogen-bond acceptors (Lipinski definition) is 7. The molecule has 1 saturated heterocycles. The largest absolute Gasteiger partial charge is 0.355 e. The van der Waals surface area contributed by atoms with Crippen molar-refractivity contribution in [2.75, 3.05) is 31.2 Å². The average Bonchev–Trinajstić information content (AvgIpc) is 3.00. The molecule has 5 rings (SSSR count). The molecule has 0 N–H and O–H groups in total. The lowest BCUT2D eigenvalue weighted by Crippen LogP contribution is -2.56. The molecule has 4 heterocycles. The number of piperazine rings is 1. The summed E-state index contributed by atoms with van der Waals surface area (Å²) in [5.74, 6) is -0.184. The van der Waals surface area contributed by atoms with E-state index >= 15 is 0 Å². The summed E-state index contributed by atoms with van der Waals surface area (Å²) in [4.78, 5) is 55.5. The maximum Gasteiger partial charge on any atom is 0.355 e. The number of fused-ring (bicyclic) bond motifs is 1. The molecule has 42 heavy (non-hydrogen) atoms. The lowest BCUT2D eigenvalue weighted by Gasteiger charge is -2.41. The Labute approximate surface area is 248 Å². The Balaban J connectivity index is 1.84. The van der Waals surface area contributed by atoms with Gasteiger partial charge in [0.05, 0.1) is 33.5 Å². The molecule has 1 aromatic carbocycles. The number of nitrogens with zero attached hydrogens (tertiary/aromatic N) is 6. The van der Waals surface area contributed by atoms with Crippen LogP contribution < -0.4 is 10.6 Å². The summed E-state index contributed by atoms with van der Waals surface area (Å²) in [5.41, 5.74) is 2.07. The summed E-state index contributed by atoms with van der Waals surface area (Å²) < 4.78 is 23.6. The van der Waals surface area contributed by atoms with E-state index in [4.69, 9.17) is 18.0 Å². The van der Waals surface area contributed by atoms with Crippen LogP contribution >= 0.6 is 11.6 Å². The van der Waals surface area contributed by atoms with Crippen molar-refractivity contribution in [1.82, 2.24) is 24.4 Å². The van der Waals surface area contributed by atoms with E-state index in [1.54, 1.807) is 41.4 Å². The van der Waals surface area contributed by atoms with Crippen molar-refractivity contribution in [2.24, 2.45) is 0 Å². The Kier molecular flexibility index (Phi) is 7.80. The number of hydrogen-bond donors (Lipinski definition) is 0. The van der Waals surface area contributed by atoms with E-state index in [1.807, 2.05) is 20.8 Å². The maximum atomic E-state index is 14.5. The van der Waals surface area contributed by atoms with Gasteiger partial charge in [-0.15, -0.1) is 0 Å². The topological polar surface area (TPSA) is 101 Å². The molecule has 0 bridgehead atoms. The first-order valence-electron chi connectivity index (χ1n) is 14.0. The molecular weight excluding hydrogens is 559 g/mol. The van der Waals surface area contributed by atoms with E-state index in [-0.39, 0.29) is 59.2 Å². The highest BCUT2D eigenvalue weighted by molar-refractivity contribution is 6.34. The van der Waals surface area contributed by atoms with Gasteiger partial charge in [0.2, 0.25) is 5.91 Å². The highest BCUT2D eigenvalue weighted by Gasteiger charge is 2.32. The minimum absolute atomic E-state index is 0.0589. The van der Waals surface area contributed by atoms with Crippen LogP contribution in [0.5, 0.6) is 0 Å². The Hall–Kier alpha value is -4.44. The number of pyridine rings is 2. The van der Waals surface area contributed by atoms with E-state index in [0.717, 1.165) is 5.56 Å². The third-order valence-corrected chi connectivity index (χ3v) is 7.73. The fraction of sp³-hybridized carbons (Fsp3) is 0.290. The molecule has 0 spiro atoms. The smallest absolute Gasteiger partial charge is 0.347 e. The molecule has 1 aliphatic rings. The minimum atomic E-state index is -0.913. The number of carbonyl (C=O) groups excluding carboxylic acids is 2. The predicted molar refractivity (Wildman–Crippen MR) is 161 cm³/mol. The standard InChI is InChI=1S/C31H30ClFN6O3/c1-5-25(41)37-12-13-38(21(15-33)16-37)29-23-14-24(32)27(22-9-7-6-8-20(22)17-40)35-30(23)39(31(42)36-29)28-19(4)10-11-34-26(28)18(2)3/h5-11,14,17-18,21H,1,12-13,15-16H2,2-4H3/t21-/m0/s1/i17D. The van der Waals surface area contributed by atoms with E-state index in [9.17, 15) is 18.8 Å². The van der Waals surface area contributed by atoms with Gasteiger partial charge in [0.25, 0.3) is 0 Å². The quantitative estimate of drug-likeness (QED) is 0.223. The fourth-order valence-electron chi connectivity index (χ4n) is 5.37. The molecular formula is C31H30ClFN6O3. The van der Waals surface area contributed by atoms with Crippen LogP contribution in [0.4, 0.5) is 10.2 Å². The van der Waals surface area contributed by atoms with Gasteiger partial charge < -0.3 is 9.80 Å². The van der Waals surface area contributed by atoms with Gasteiger partial charge in [0.1, 0.15) is 13.9 Å². The number of aryl methyl sites for hydroxylation is 1. The summed E-state index contributed by atoms with van der Waals surface area (Å²) in [6.45, 7) is 9.05. The zero-order chi connectivity index (χ0) is 31.0. The highest BCUT2D eigenvalue weighted by atomic mass is 35.5. The van der Waals surface area contributed by atoms with Crippen molar-refractivity contribution in [3.8, 4) is 16.9 Å². The summed E-state index contributed by atoms with van der Waals surface area (Å²) in [5, 5.41) is 0.529. The fourth-order valence-corrected chi connectivity index (χ4v) is 5.63. The zero-order valence-electron chi connectivity index (χ0n) is 24.5. The molecule has 4 aromatic rings. The monoisotopic (exact) mass is 589 g/mol. The van der Waals surface area contributed by atoms with E-state index in [1.165, 1.54) is 21.6 Å². The van der Waals surface area contributed by atoms with Gasteiger partial charge in [0, 0.05) is 37.0 Å². The molecule has 11 heteroatoms. The van der Waals surface area contributed by atoms with Crippen LogP contribution in [0.2, 0.25) is 5.02 Å². The summed E-state index contributed by atoms with van der Waals surface area (Å²) in [6, 6.07) is 9.09. The van der Waals surface area contributed by atoms with Crippen molar-refractivity contribution in [1.29, 1.82) is 0 Å². The van der Waals surface area contributed by atoms with Crippen LogP contribution in [-0.2, 0) is 4.79 Å². The molecule has 216 valence electrons. The third kappa shape index (κ3) is 5.07. The van der Waals surface area contributed by atoms with E-state index in [2.05, 4.69) is 16.5 Å². The Morgan fingerprint density at radius 1 is 1.26 bits per heavy atom. The van der Waals surface area contributed by atoms with Crippen LogP contribution in [0, 0.1) is 6.92 Å². The van der Waals surface area contributed by atoms with Crippen LogP contribution in [0.3, 0.4) is 0 Å². The summed E-state index contributed by atoms with van der Waals surface area (Å²) in [7, 11) is 0. The van der Waals surface area contributed by atoms with Crippen molar-refractivity contribution < 1.29 is 15.4 Å². The lowest BCUT2D eigenvalue weighted by molar-refractivity contribution is -0.126. The van der Waals surface area contributed by atoms with Gasteiger partial charge in [-0.1, -0.05) is 56.3 Å². The number of halogens is 2. The van der Waals surface area contributed by atoms with Gasteiger partial charge >= 0.3 is 5.69 Å². The maximum absolute atomic E-state index is 14.5. The number of aldehydes is 1. The van der Waals surface area contributed by atoms with Crippen LogP contribution in [0.25, 0.3) is 28.0 Å². The predicted octanol–water partition coefficient (Wildman–Crippen LogP) is 4.91. The first-order valence-corrected chi connectivity index (χ1v) is 13.9. The van der Waals surface area contributed by atoms with Crippen LogP contribution in [0.15, 0.2) is 60.0 Å². The van der Waals surface area contributed by atoms with Crippen LogP contribution in [0.1, 0.15) is 42.8 Å². The number of rotatable bonds is 7. The average molecular weight is 590 g/mol. The zero-order valence-corrected chi connectivity index (χ0v) is 24.2. The van der Waals surface area contributed by atoms with Crippen molar-refractivity contribution in [3.63, 3.8) is 0 Å². The number of anilines is 1. The summed E-state index contributed by atoms with van der Waals surface area (Å²) in [6.07, 6.45) is 1.95. The molecule has 0 unspecified atom stereocenters. The van der Waals surface area contributed by atoms with Crippen molar-refractivity contribution >= 4 is 40.6 Å². The molecule has 0 aliphatic carbocycles. The number of amides is 1. The van der Waals surface area contributed by atoms with E-state index in [0.29, 0.717) is 22.3 Å². The first kappa shape index (κ1) is 27.7. The normalized spacial score (nSPS) is 15.7. The second kappa shape index (κ2) is 11.8. The Morgan fingerprint density at radius 3 is 2.71 bits per heavy atom. The van der Waals surface area contributed by atoms with Gasteiger partial charge in [-0.25, -0.2) is 18.7 Å². The Bertz CT molecular complexity index is 1830. The molecule has 1 fully saturated rings. The molecule has 1 atom stereocenters. The van der Waals surface area contributed by atoms with Gasteiger partial charge in [-0.3, -0.25) is 14.6 Å². The number of benzene rings is 1. The molecule has 3 aromatic heterocycles. The molecule has 1 amide bonds. The number of carbonyl (C=O) groups is 2. The first-order chi connectivity index (χ1) is 20.6. The van der Waals surface area contributed by atoms with E-state index < -0.39 is 24.7 Å². The Morgan fingerprint density at radius 2 is 2.02 bits per heavy atom. The molecule has 1 aliphatic heterocycles. The minimum Gasteiger partial charge on any atom is -0.347 e. The van der Waals surface area contributed by atoms with Gasteiger partial charge in [-0.05, 0) is 36.6 Å². The number of aromatic nitrogens is 4. The second-order valence-electron chi connectivity index (χ2n) is 10.4. The molecule has 0 saturated carbocycles. The second-order valence-corrected chi connectivity index (χ2v) is 10.8.